The van der Waals surface area contributed by atoms with Gasteiger partial charge >= 0.3 is 5.97 Å². The molecule has 114 valence electrons. The Balaban J connectivity index is 1.89. The number of rotatable bonds is 2. The van der Waals surface area contributed by atoms with E-state index < -0.39 is 0 Å². The average Bonchev–Trinajstić information content (AvgIpc) is 2.95. The smallest absolute Gasteiger partial charge is 0.311 e. The highest BCUT2D eigenvalue weighted by molar-refractivity contribution is 5.74. The monoisotopic (exact) mass is 292 g/mol. The van der Waals surface area contributed by atoms with E-state index in [1.807, 2.05) is 0 Å². The molecule has 1 spiro atoms. The number of methoxy groups -OCH3 is 1. The molecule has 2 aliphatic rings. The molecule has 1 aliphatic carbocycles. The maximum Gasteiger partial charge on any atom is 0.311 e. The van der Waals surface area contributed by atoms with Crippen LogP contribution in [0.25, 0.3) is 0 Å². The zero-order chi connectivity index (χ0) is 14.9. The third-order valence-electron chi connectivity index (χ3n) is 4.96. The van der Waals surface area contributed by atoms with Gasteiger partial charge in [-0.25, -0.2) is 4.39 Å². The normalized spacial score (nSPS) is 27.7. The average molecular weight is 292 g/mol. The van der Waals surface area contributed by atoms with E-state index >= 15 is 0 Å². The SMILES string of the molecule is COC(=O)C1COC2(CCCC2)CC1c1ccc(F)cc1. The maximum absolute atomic E-state index is 13.2. The molecule has 2 unspecified atom stereocenters. The molecule has 1 aliphatic heterocycles. The Labute approximate surface area is 124 Å². The predicted molar refractivity (Wildman–Crippen MR) is 76.4 cm³/mol. The standard InChI is InChI=1S/C17H21FO3/c1-20-16(19)15-11-21-17(8-2-3-9-17)10-14(15)12-4-6-13(18)7-5-12/h4-7,14-15H,2-3,8-11H2,1H3. The maximum atomic E-state index is 13.2. The summed E-state index contributed by atoms with van der Waals surface area (Å²) in [5.74, 6) is -0.746. The molecule has 3 nitrogen and oxygen atoms in total. The first-order valence-electron chi connectivity index (χ1n) is 7.61. The fourth-order valence-electron chi connectivity index (χ4n) is 3.80. The molecule has 1 aromatic carbocycles. The summed E-state index contributed by atoms with van der Waals surface area (Å²) >= 11 is 0. The third kappa shape index (κ3) is 2.82. The lowest BCUT2D eigenvalue weighted by Crippen LogP contribution is -2.44. The van der Waals surface area contributed by atoms with Crippen LogP contribution in [-0.4, -0.2) is 25.3 Å². The van der Waals surface area contributed by atoms with Crippen LogP contribution in [0, 0.1) is 11.7 Å². The molecule has 1 saturated heterocycles. The quantitative estimate of drug-likeness (QED) is 0.783. The Bertz CT molecular complexity index is 505. The predicted octanol–water partition coefficient (Wildman–Crippen LogP) is 3.43. The van der Waals surface area contributed by atoms with Gasteiger partial charge in [0.05, 0.1) is 25.2 Å². The topological polar surface area (TPSA) is 35.5 Å². The Morgan fingerprint density at radius 2 is 1.95 bits per heavy atom. The van der Waals surface area contributed by atoms with Crippen LogP contribution in [0.1, 0.15) is 43.6 Å². The summed E-state index contributed by atoms with van der Waals surface area (Å²) in [4.78, 5) is 12.0. The molecule has 1 heterocycles. The fourth-order valence-corrected chi connectivity index (χ4v) is 3.80. The summed E-state index contributed by atoms with van der Waals surface area (Å²) in [6.45, 7) is 0.398. The minimum absolute atomic E-state index is 0.0462. The first-order valence-corrected chi connectivity index (χ1v) is 7.61. The summed E-state index contributed by atoms with van der Waals surface area (Å²) in [5.41, 5.74) is 0.908. The molecule has 0 bridgehead atoms. The Morgan fingerprint density at radius 3 is 2.57 bits per heavy atom. The van der Waals surface area contributed by atoms with Crippen LogP contribution in [0.2, 0.25) is 0 Å². The van der Waals surface area contributed by atoms with Gasteiger partial charge in [0.1, 0.15) is 5.82 Å². The third-order valence-corrected chi connectivity index (χ3v) is 4.96. The van der Waals surface area contributed by atoms with E-state index in [1.54, 1.807) is 12.1 Å². The van der Waals surface area contributed by atoms with Crippen LogP contribution in [0.3, 0.4) is 0 Å². The van der Waals surface area contributed by atoms with E-state index in [2.05, 4.69) is 0 Å². The second-order valence-corrected chi connectivity index (χ2v) is 6.19. The van der Waals surface area contributed by atoms with Gasteiger partial charge in [-0.2, -0.15) is 0 Å². The molecule has 0 aromatic heterocycles. The van der Waals surface area contributed by atoms with Crippen molar-refractivity contribution >= 4 is 5.97 Å². The fraction of sp³-hybridized carbons (Fsp3) is 0.588. The molecular weight excluding hydrogens is 271 g/mol. The molecule has 3 rings (SSSR count). The van der Waals surface area contributed by atoms with Crippen molar-refractivity contribution in [3.63, 3.8) is 0 Å². The highest BCUT2D eigenvalue weighted by Gasteiger charge is 2.46. The minimum atomic E-state index is -0.299. The Hall–Kier alpha value is -1.42. The summed E-state index contributed by atoms with van der Waals surface area (Å²) in [7, 11) is 1.41. The Kier molecular flexibility index (Phi) is 3.98. The zero-order valence-corrected chi connectivity index (χ0v) is 12.3. The van der Waals surface area contributed by atoms with Crippen LogP contribution in [0.15, 0.2) is 24.3 Å². The number of carbonyl (C=O) groups excluding carboxylic acids is 1. The van der Waals surface area contributed by atoms with Crippen LogP contribution in [-0.2, 0) is 14.3 Å². The first-order chi connectivity index (χ1) is 10.1. The lowest BCUT2D eigenvalue weighted by atomic mass is 9.75. The van der Waals surface area contributed by atoms with E-state index in [-0.39, 0.29) is 29.2 Å². The van der Waals surface area contributed by atoms with Crippen molar-refractivity contribution < 1.29 is 18.7 Å². The lowest BCUT2D eigenvalue weighted by Gasteiger charge is -2.42. The van der Waals surface area contributed by atoms with E-state index in [4.69, 9.17) is 9.47 Å². The molecule has 0 radical (unpaired) electrons. The second kappa shape index (κ2) is 5.76. The van der Waals surface area contributed by atoms with Gasteiger partial charge in [0.15, 0.2) is 0 Å². The van der Waals surface area contributed by atoms with Gasteiger partial charge in [-0.05, 0) is 37.0 Å². The van der Waals surface area contributed by atoms with Crippen molar-refractivity contribution in [2.75, 3.05) is 13.7 Å². The highest BCUT2D eigenvalue weighted by Crippen LogP contribution is 2.47. The van der Waals surface area contributed by atoms with Crippen molar-refractivity contribution in [2.45, 2.75) is 43.6 Å². The number of carbonyl (C=O) groups is 1. The number of hydrogen-bond donors (Lipinski definition) is 0. The van der Waals surface area contributed by atoms with E-state index in [0.717, 1.165) is 24.8 Å². The van der Waals surface area contributed by atoms with Gasteiger partial charge in [0.25, 0.3) is 0 Å². The molecule has 0 N–H and O–H groups in total. The van der Waals surface area contributed by atoms with Crippen LogP contribution >= 0.6 is 0 Å². The summed E-state index contributed by atoms with van der Waals surface area (Å²) in [6, 6.07) is 6.48. The molecule has 2 atom stereocenters. The summed E-state index contributed by atoms with van der Waals surface area (Å²) in [5, 5.41) is 0. The number of hydrogen-bond acceptors (Lipinski definition) is 3. The Morgan fingerprint density at radius 1 is 1.29 bits per heavy atom. The minimum Gasteiger partial charge on any atom is -0.469 e. The van der Waals surface area contributed by atoms with Crippen LogP contribution in [0.5, 0.6) is 0 Å². The van der Waals surface area contributed by atoms with Crippen molar-refractivity contribution in [1.29, 1.82) is 0 Å². The van der Waals surface area contributed by atoms with Crippen molar-refractivity contribution in [3.05, 3.63) is 35.6 Å². The van der Waals surface area contributed by atoms with Gasteiger partial charge in [-0.15, -0.1) is 0 Å². The molecule has 1 aromatic rings. The van der Waals surface area contributed by atoms with Crippen molar-refractivity contribution in [1.82, 2.24) is 0 Å². The van der Waals surface area contributed by atoms with E-state index in [1.165, 1.54) is 32.1 Å². The van der Waals surface area contributed by atoms with Gasteiger partial charge in [0, 0.05) is 5.92 Å². The molecule has 0 amide bonds. The zero-order valence-electron chi connectivity index (χ0n) is 12.3. The molecular formula is C17H21FO3. The van der Waals surface area contributed by atoms with Crippen LogP contribution in [0.4, 0.5) is 4.39 Å². The van der Waals surface area contributed by atoms with Crippen LogP contribution < -0.4 is 0 Å². The highest BCUT2D eigenvalue weighted by atomic mass is 19.1. The summed E-state index contributed by atoms with van der Waals surface area (Å²) in [6.07, 6.45) is 5.29. The largest absolute Gasteiger partial charge is 0.469 e. The number of benzene rings is 1. The number of esters is 1. The van der Waals surface area contributed by atoms with Gasteiger partial charge in [-0.1, -0.05) is 25.0 Å². The van der Waals surface area contributed by atoms with Gasteiger partial charge in [0.2, 0.25) is 0 Å². The number of halogens is 1. The number of ether oxygens (including phenoxy) is 2. The van der Waals surface area contributed by atoms with Gasteiger partial charge in [-0.3, -0.25) is 4.79 Å². The van der Waals surface area contributed by atoms with Crippen molar-refractivity contribution in [2.24, 2.45) is 5.92 Å². The molecule has 21 heavy (non-hydrogen) atoms. The van der Waals surface area contributed by atoms with Gasteiger partial charge < -0.3 is 9.47 Å². The van der Waals surface area contributed by atoms with Crippen molar-refractivity contribution in [3.8, 4) is 0 Å². The molecule has 2 fully saturated rings. The molecule has 1 saturated carbocycles. The van der Waals surface area contributed by atoms with E-state index in [9.17, 15) is 9.18 Å². The first kappa shape index (κ1) is 14.5. The lowest BCUT2D eigenvalue weighted by molar-refractivity contribution is -0.161. The van der Waals surface area contributed by atoms with E-state index in [0.29, 0.717) is 6.61 Å². The second-order valence-electron chi connectivity index (χ2n) is 6.19. The molecule has 4 heteroatoms. The summed E-state index contributed by atoms with van der Waals surface area (Å²) < 4.78 is 24.1.